The Morgan fingerprint density at radius 3 is 0.917 bits per heavy atom. The number of carbonyl (C=O) groups excluding carboxylic acids is 4. The Balaban J connectivity index is 1.23. The van der Waals surface area contributed by atoms with Gasteiger partial charge < -0.3 is 0 Å². The van der Waals surface area contributed by atoms with Crippen LogP contribution in [-0.4, -0.2) is 33.4 Å². The van der Waals surface area contributed by atoms with Gasteiger partial charge in [0.05, 0.1) is 12.1 Å². The molecule has 0 bridgehead atoms. The lowest BCUT2D eigenvalue weighted by atomic mass is 9.83. The van der Waals surface area contributed by atoms with Crippen molar-refractivity contribution in [3.8, 4) is 0 Å². The summed E-state index contributed by atoms with van der Waals surface area (Å²) in [5, 5.41) is 0.729. The summed E-state index contributed by atoms with van der Waals surface area (Å²) in [5.74, 6) is -1.80. The predicted molar refractivity (Wildman–Crippen MR) is 184 cm³/mol. The lowest BCUT2D eigenvalue weighted by Gasteiger charge is -2.37. The standard InChI is InChI=1S/C42H30N2O4/c45-39-31-21-23-33-38-34(42(48)44(41(33)47)36(30-19-11-4-12-20-30)26-28-15-7-2-8-16-28)24-22-32(37(31)38)40(46)43(39)35(29-17-9-3-10-18-29)25-27-13-5-1-6-14-27/h1-24,35-36H,25-26H2. The molecule has 0 N–H and O–H groups in total. The van der Waals surface area contributed by atoms with Crippen molar-refractivity contribution in [2.24, 2.45) is 0 Å². The van der Waals surface area contributed by atoms with Crippen LogP contribution in [0.5, 0.6) is 0 Å². The van der Waals surface area contributed by atoms with Crippen molar-refractivity contribution >= 4 is 34.4 Å². The Morgan fingerprint density at radius 1 is 0.354 bits per heavy atom. The molecule has 0 aliphatic carbocycles. The second-order valence-electron chi connectivity index (χ2n) is 12.3. The van der Waals surface area contributed by atoms with Crippen LogP contribution in [0.1, 0.15) is 75.8 Å². The van der Waals surface area contributed by atoms with Gasteiger partial charge in [-0.2, -0.15) is 0 Å². The SMILES string of the molecule is O=C1c2ccc3c4c(ccc(c24)C(=O)N1C(Cc1ccccc1)c1ccccc1)C(=O)N(C(Cc1ccccc1)c1ccccc1)C3=O. The van der Waals surface area contributed by atoms with Crippen molar-refractivity contribution < 1.29 is 19.2 Å². The highest BCUT2D eigenvalue weighted by molar-refractivity contribution is 6.33. The number of hydrogen-bond donors (Lipinski definition) is 0. The van der Waals surface area contributed by atoms with Gasteiger partial charge in [-0.3, -0.25) is 29.0 Å². The van der Waals surface area contributed by atoms with E-state index in [0.29, 0.717) is 45.9 Å². The molecule has 48 heavy (non-hydrogen) atoms. The summed E-state index contributed by atoms with van der Waals surface area (Å²) in [6, 6.07) is 44.1. The van der Waals surface area contributed by atoms with Crippen LogP contribution in [0.2, 0.25) is 0 Å². The molecule has 2 atom stereocenters. The lowest BCUT2D eigenvalue weighted by Crippen LogP contribution is -2.46. The molecule has 0 fully saturated rings. The summed E-state index contributed by atoms with van der Waals surface area (Å²) < 4.78 is 0. The molecule has 8 rings (SSSR count). The van der Waals surface area contributed by atoms with Gasteiger partial charge in [0, 0.05) is 33.0 Å². The largest absolute Gasteiger partial charge is 0.269 e. The minimum absolute atomic E-state index is 0.303. The van der Waals surface area contributed by atoms with Crippen LogP contribution in [0.3, 0.4) is 0 Å². The van der Waals surface area contributed by atoms with Gasteiger partial charge >= 0.3 is 0 Å². The molecule has 2 unspecified atom stereocenters. The molecule has 2 aliphatic heterocycles. The summed E-state index contributed by atoms with van der Waals surface area (Å²) in [5.41, 5.74) is 4.86. The zero-order chi connectivity index (χ0) is 32.8. The third-order valence-corrected chi connectivity index (χ3v) is 9.49. The third-order valence-electron chi connectivity index (χ3n) is 9.49. The van der Waals surface area contributed by atoms with Crippen LogP contribution in [0.25, 0.3) is 10.8 Å². The zero-order valence-corrected chi connectivity index (χ0v) is 26.0. The van der Waals surface area contributed by atoms with Gasteiger partial charge in [0.25, 0.3) is 23.6 Å². The number of rotatable bonds is 8. The van der Waals surface area contributed by atoms with Crippen LogP contribution in [0.4, 0.5) is 0 Å². The van der Waals surface area contributed by atoms with Gasteiger partial charge in [-0.1, -0.05) is 121 Å². The molecule has 2 heterocycles. The second kappa shape index (κ2) is 11.9. The van der Waals surface area contributed by atoms with Gasteiger partial charge in [-0.05, 0) is 59.4 Å². The lowest BCUT2D eigenvalue weighted by molar-refractivity contribution is 0.0513. The molecule has 6 aromatic carbocycles. The van der Waals surface area contributed by atoms with Crippen LogP contribution >= 0.6 is 0 Å². The Hall–Kier alpha value is -6.14. The van der Waals surface area contributed by atoms with E-state index in [4.69, 9.17) is 0 Å². The molecule has 232 valence electrons. The topological polar surface area (TPSA) is 74.8 Å². The fourth-order valence-electron chi connectivity index (χ4n) is 7.22. The quantitative estimate of drug-likeness (QED) is 0.161. The first-order chi connectivity index (χ1) is 23.5. The Bertz CT molecular complexity index is 1990. The number of imide groups is 2. The van der Waals surface area contributed by atoms with Crippen molar-refractivity contribution in [2.75, 3.05) is 0 Å². The van der Waals surface area contributed by atoms with Gasteiger partial charge in [0.15, 0.2) is 0 Å². The van der Waals surface area contributed by atoms with Crippen LogP contribution in [-0.2, 0) is 12.8 Å². The van der Waals surface area contributed by atoms with E-state index in [1.807, 2.05) is 121 Å². The molecular formula is C42H30N2O4. The van der Waals surface area contributed by atoms with Crippen molar-refractivity contribution in [3.63, 3.8) is 0 Å². The fraction of sp³-hybridized carbons (Fsp3) is 0.0952. The summed E-state index contributed by atoms with van der Waals surface area (Å²) in [6.45, 7) is 0. The Morgan fingerprint density at radius 2 is 0.625 bits per heavy atom. The molecule has 0 radical (unpaired) electrons. The molecule has 0 saturated heterocycles. The second-order valence-corrected chi connectivity index (χ2v) is 12.3. The highest BCUT2D eigenvalue weighted by Gasteiger charge is 2.43. The minimum Gasteiger partial charge on any atom is -0.269 e. The minimum atomic E-state index is -0.563. The van der Waals surface area contributed by atoms with E-state index in [1.165, 1.54) is 9.80 Å². The molecule has 6 aromatic rings. The van der Waals surface area contributed by atoms with E-state index >= 15 is 0 Å². The smallest absolute Gasteiger partial charge is 0.261 e. The normalized spacial score (nSPS) is 15.2. The summed E-state index contributed by atoms with van der Waals surface area (Å²) in [7, 11) is 0. The summed E-state index contributed by atoms with van der Waals surface area (Å²) >= 11 is 0. The number of benzene rings is 6. The molecule has 6 nitrogen and oxygen atoms in total. The maximum Gasteiger partial charge on any atom is 0.261 e. The van der Waals surface area contributed by atoms with Crippen LogP contribution < -0.4 is 0 Å². The fourth-order valence-corrected chi connectivity index (χ4v) is 7.22. The van der Waals surface area contributed by atoms with Crippen molar-refractivity contribution in [1.29, 1.82) is 0 Å². The van der Waals surface area contributed by atoms with E-state index in [9.17, 15) is 19.2 Å². The molecule has 0 saturated carbocycles. The van der Waals surface area contributed by atoms with E-state index < -0.39 is 35.7 Å². The van der Waals surface area contributed by atoms with Crippen molar-refractivity contribution in [1.82, 2.24) is 9.80 Å². The van der Waals surface area contributed by atoms with E-state index in [0.717, 1.165) is 22.3 Å². The number of nitrogens with zero attached hydrogens (tertiary/aromatic N) is 2. The number of carbonyl (C=O) groups is 4. The maximum atomic E-state index is 14.4. The molecule has 6 heteroatoms. The first kappa shape index (κ1) is 29.3. The maximum absolute atomic E-state index is 14.4. The molecule has 4 amide bonds. The van der Waals surface area contributed by atoms with Crippen LogP contribution in [0.15, 0.2) is 146 Å². The first-order valence-corrected chi connectivity index (χ1v) is 16.0. The predicted octanol–water partition coefficient (Wildman–Crippen LogP) is 8.00. The van der Waals surface area contributed by atoms with E-state index in [-0.39, 0.29) is 0 Å². The van der Waals surface area contributed by atoms with Gasteiger partial charge in [0.2, 0.25) is 0 Å². The molecular weight excluding hydrogens is 596 g/mol. The number of amides is 4. The number of hydrogen-bond acceptors (Lipinski definition) is 4. The van der Waals surface area contributed by atoms with Gasteiger partial charge in [-0.15, -0.1) is 0 Å². The Labute approximate surface area is 277 Å². The first-order valence-electron chi connectivity index (χ1n) is 16.0. The summed E-state index contributed by atoms with van der Waals surface area (Å²) in [6.07, 6.45) is 0.871. The highest BCUT2D eigenvalue weighted by Crippen LogP contribution is 2.42. The van der Waals surface area contributed by atoms with E-state index in [2.05, 4.69) is 0 Å². The summed E-state index contributed by atoms with van der Waals surface area (Å²) in [4.78, 5) is 60.3. The van der Waals surface area contributed by atoms with Gasteiger partial charge in [0.1, 0.15) is 0 Å². The average Bonchev–Trinajstić information content (AvgIpc) is 3.13. The molecule has 0 aromatic heterocycles. The Kier molecular flexibility index (Phi) is 7.26. The third kappa shape index (κ3) is 4.81. The van der Waals surface area contributed by atoms with Crippen LogP contribution in [0, 0.1) is 0 Å². The monoisotopic (exact) mass is 626 g/mol. The molecule has 2 aliphatic rings. The average molecular weight is 627 g/mol. The van der Waals surface area contributed by atoms with Crippen molar-refractivity contribution in [3.05, 3.63) is 190 Å². The molecule has 0 spiro atoms. The van der Waals surface area contributed by atoms with Crippen molar-refractivity contribution in [2.45, 2.75) is 24.9 Å². The zero-order valence-electron chi connectivity index (χ0n) is 26.0. The van der Waals surface area contributed by atoms with E-state index in [1.54, 1.807) is 24.3 Å². The highest BCUT2D eigenvalue weighted by atomic mass is 16.2. The van der Waals surface area contributed by atoms with Gasteiger partial charge in [-0.25, -0.2) is 0 Å².